The molecule has 0 aromatic heterocycles. The zero-order valence-electron chi connectivity index (χ0n) is 6.83. The van der Waals surface area contributed by atoms with Crippen LogP contribution >= 0.6 is 0 Å². The van der Waals surface area contributed by atoms with E-state index in [0.29, 0.717) is 11.5 Å². The van der Waals surface area contributed by atoms with Crippen LogP contribution in [0.5, 0.6) is 0 Å². The Balaban J connectivity index is 2.94. The van der Waals surface area contributed by atoms with Gasteiger partial charge in [-0.2, -0.15) is 0 Å². The van der Waals surface area contributed by atoms with Crippen LogP contribution in [-0.2, 0) is 9.53 Å². The van der Waals surface area contributed by atoms with Crippen LogP contribution < -0.4 is 0 Å². The number of carbonyl (C=O) groups excluding carboxylic acids is 1. The molecule has 0 amide bonds. The molecule has 1 unspecified atom stereocenters. The maximum atomic E-state index is 10.5. The van der Waals surface area contributed by atoms with E-state index in [-0.39, 0.29) is 0 Å². The first-order chi connectivity index (χ1) is 5.29. The molecule has 1 aliphatic rings. The highest BCUT2D eigenvalue weighted by Crippen LogP contribution is 2.23. The summed E-state index contributed by atoms with van der Waals surface area (Å²) in [5.41, 5.74) is 0.672. The van der Waals surface area contributed by atoms with Crippen molar-refractivity contribution in [1.29, 1.82) is 0 Å². The second kappa shape index (κ2) is 3.37. The van der Waals surface area contributed by atoms with Crippen molar-refractivity contribution in [3.63, 3.8) is 0 Å². The second-order valence-corrected chi connectivity index (χ2v) is 2.68. The quantitative estimate of drug-likeness (QED) is 0.563. The first-order valence-electron chi connectivity index (χ1n) is 3.69. The van der Waals surface area contributed by atoms with Gasteiger partial charge in [-0.25, -0.2) is 0 Å². The molecule has 1 aliphatic carbocycles. The van der Waals surface area contributed by atoms with E-state index >= 15 is 0 Å². The molecular weight excluding hydrogens is 140 g/mol. The van der Waals surface area contributed by atoms with Gasteiger partial charge < -0.3 is 4.74 Å². The molecule has 1 rings (SSSR count). The molecule has 2 heteroatoms. The Morgan fingerprint density at radius 3 is 2.91 bits per heavy atom. The van der Waals surface area contributed by atoms with E-state index in [4.69, 9.17) is 4.74 Å². The van der Waals surface area contributed by atoms with Gasteiger partial charge in [-0.1, -0.05) is 19.1 Å². The maximum absolute atomic E-state index is 10.5. The first-order valence-corrected chi connectivity index (χ1v) is 3.69. The van der Waals surface area contributed by atoms with E-state index in [2.05, 4.69) is 0 Å². The van der Waals surface area contributed by atoms with Crippen molar-refractivity contribution >= 4 is 6.29 Å². The molecule has 1 atom stereocenters. The summed E-state index contributed by atoms with van der Waals surface area (Å²) in [6.45, 7) is 2.05. The minimum Gasteiger partial charge on any atom is -0.500 e. The van der Waals surface area contributed by atoms with Gasteiger partial charge >= 0.3 is 0 Å². The van der Waals surface area contributed by atoms with Crippen LogP contribution in [0.25, 0.3) is 0 Å². The number of rotatable bonds is 2. The Morgan fingerprint density at radius 1 is 1.73 bits per heavy atom. The van der Waals surface area contributed by atoms with Gasteiger partial charge in [0.25, 0.3) is 0 Å². The Bertz CT molecular complexity index is 214. The highest BCUT2D eigenvalue weighted by molar-refractivity contribution is 5.78. The summed E-state index contributed by atoms with van der Waals surface area (Å²) < 4.78 is 5.10. The predicted octanol–water partition coefficient (Wildman–Crippen LogP) is 1.68. The lowest BCUT2D eigenvalue weighted by molar-refractivity contribution is -0.104. The van der Waals surface area contributed by atoms with Gasteiger partial charge in [-0.05, 0) is 6.42 Å². The fourth-order valence-corrected chi connectivity index (χ4v) is 1.29. The Morgan fingerprint density at radius 2 is 2.45 bits per heavy atom. The number of hydrogen-bond acceptors (Lipinski definition) is 2. The Labute approximate surface area is 66.5 Å². The van der Waals surface area contributed by atoms with Gasteiger partial charge in [0.1, 0.15) is 5.76 Å². The normalized spacial score (nSPS) is 23.6. The van der Waals surface area contributed by atoms with Crippen molar-refractivity contribution in [2.45, 2.75) is 13.3 Å². The van der Waals surface area contributed by atoms with Crippen molar-refractivity contribution in [3.05, 3.63) is 23.5 Å². The molecule has 0 aromatic rings. The number of aldehydes is 1. The molecule has 0 heterocycles. The SMILES string of the molecule is COC1=C(C=O)C=CCC1C. The van der Waals surface area contributed by atoms with Crippen molar-refractivity contribution < 1.29 is 9.53 Å². The van der Waals surface area contributed by atoms with E-state index in [1.807, 2.05) is 19.1 Å². The minimum atomic E-state index is 0.338. The van der Waals surface area contributed by atoms with E-state index in [1.54, 1.807) is 7.11 Å². The highest BCUT2D eigenvalue weighted by Gasteiger charge is 2.15. The Hall–Kier alpha value is -1.05. The van der Waals surface area contributed by atoms with Gasteiger partial charge in [-0.3, -0.25) is 4.79 Å². The molecule has 0 aromatic carbocycles. The largest absolute Gasteiger partial charge is 0.500 e. The van der Waals surface area contributed by atoms with Crippen LogP contribution in [0.4, 0.5) is 0 Å². The van der Waals surface area contributed by atoms with Crippen LogP contribution in [-0.4, -0.2) is 13.4 Å². The Kier molecular flexibility index (Phi) is 2.47. The first kappa shape index (κ1) is 8.05. The van der Waals surface area contributed by atoms with Gasteiger partial charge in [0.15, 0.2) is 6.29 Å². The zero-order valence-corrected chi connectivity index (χ0v) is 6.83. The number of allylic oxidation sites excluding steroid dienone is 4. The summed E-state index contributed by atoms with van der Waals surface area (Å²) in [6.07, 6.45) is 5.61. The van der Waals surface area contributed by atoms with Crippen molar-refractivity contribution in [2.75, 3.05) is 7.11 Å². The highest BCUT2D eigenvalue weighted by atomic mass is 16.5. The molecule has 0 radical (unpaired) electrons. The van der Waals surface area contributed by atoms with Crippen LogP contribution in [0, 0.1) is 5.92 Å². The fourth-order valence-electron chi connectivity index (χ4n) is 1.29. The van der Waals surface area contributed by atoms with Gasteiger partial charge in [0, 0.05) is 5.92 Å². The molecule has 11 heavy (non-hydrogen) atoms. The van der Waals surface area contributed by atoms with Gasteiger partial charge in [-0.15, -0.1) is 0 Å². The molecule has 60 valence electrons. The van der Waals surface area contributed by atoms with E-state index in [9.17, 15) is 4.79 Å². The topological polar surface area (TPSA) is 26.3 Å². The van der Waals surface area contributed by atoms with E-state index in [0.717, 1.165) is 18.5 Å². The summed E-state index contributed by atoms with van der Waals surface area (Å²) in [6, 6.07) is 0. The zero-order chi connectivity index (χ0) is 8.27. The molecule has 0 N–H and O–H groups in total. The van der Waals surface area contributed by atoms with Crippen LogP contribution in [0.15, 0.2) is 23.5 Å². The predicted molar refractivity (Wildman–Crippen MR) is 43.0 cm³/mol. The molecular formula is C9H12O2. The third kappa shape index (κ3) is 1.50. The summed E-state index contributed by atoms with van der Waals surface area (Å²) in [5, 5.41) is 0. The lowest BCUT2D eigenvalue weighted by atomic mass is 9.96. The smallest absolute Gasteiger partial charge is 0.153 e. The van der Waals surface area contributed by atoms with Crippen molar-refractivity contribution in [3.8, 4) is 0 Å². The monoisotopic (exact) mass is 152 g/mol. The van der Waals surface area contributed by atoms with Gasteiger partial charge in [0.2, 0.25) is 0 Å². The number of carbonyl (C=O) groups is 1. The molecule has 0 fully saturated rings. The third-order valence-electron chi connectivity index (χ3n) is 1.87. The third-order valence-corrected chi connectivity index (χ3v) is 1.87. The lowest BCUT2D eigenvalue weighted by Gasteiger charge is -2.17. The lowest BCUT2D eigenvalue weighted by Crippen LogP contribution is -2.07. The van der Waals surface area contributed by atoms with Crippen LogP contribution in [0.3, 0.4) is 0 Å². The fraction of sp³-hybridized carbons (Fsp3) is 0.444. The maximum Gasteiger partial charge on any atom is 0.153 e. The minimum absolute atomic E-state index is 0.338. The average molecular weight is 152 g/mol. The number of ether oxygens (including phenoxy) is 1. The van der Waals surface area contributed by atoms with E-state index in [1.165, 1.54) is 0 Å². The molecule has 2 nitrogen and oxygen atoms in total. The van der Waals surface area contributed by atoms with E-state index < -0.39 is 0 Å². The number of hydrogen-bond donors (Lipinski definition) is 0. The van der Waals surface area contributed by atoms with Crippen LogP contribution in [0.2, 0.25) is 0 Å². The summed E-state index contributed by atoms with van der Waals surface area (Å²) in [7, 11) is 1.61. The molecule has 0 bridgehead atoms. The van der Waals surface area contributed by atoms with Crippen molar-refractivity contribution in [1.82, 2.24) is 0 Å². The summed E-state index contributed by atoms with van der Waals surface area (Å²) in [4.78, 5) is 10.5. The second-order valence-electron chi connectivity index (χ2n) is 2.68. The van der Waals surface area contributed by atoms with Crippen molar-refractivity contribution in [2.24, 2.45) is 5.92 Å². The molecule has 0 saturated heterocycles. The average Bonchev–Trinajstić information content (AvgIpc) is 2.04. The number of methoxy groups -OCH3 is 1. The molecule has 0 aliphatic heterocycles. The molecule has 0 saturated carbocycles. The summed E-state index contributed by atoms with van der Waals surface area (Å²) >= 11 is 0. The molecule has 0 spiro atoms. The van der Waals surface area contributed by atoms with Gasteiger partial charge in [0.05, 0.1) is 12.7 Å². The standard InChI is InChI=1S/C9H12O2/c1-7-4-3-5-8(6-10)9(7)11-2/h3,5-7H,4H2,1-2H3. The summed E-state index contributed by atoms with van der Waals surface area (Å²) in [5.74, 6) is 1.15. The van der Waals surface area contributed by atoms with Crippen LogP contribution in [0.1, 0.15) is 13.3 Å².